The van der Waals surface area contributed by atoms with Gasteiger partial charge in [0.25, 0.3) is 0 Å². The largest absolute Gasteiger partial charge is 0.372 e. The minimum atomic E-state index is 0.443. The summed E-state index contributed by atoms with van der Waals surface area (Å²) >= 11 is 3.47. The molecule has 4 rings (SSSR count). The van der Waals surface area contributed by atoms with Crippen LogP contribution >= 0.6 is 15.9 Å². The Morgan fingerprint density at radius 3 is 2.82 bits per heavy atom. The summed E-state index contributed by atoms with van der Waals surface area (Å²) in [6.45, 7) is 0.572. The van der Waals surface area contributed by atoms with E-state index in [1.807, 2.05) is 30.0 Å². The first-order valence-corrected chi connectivity index (χ1v) is 8.09. The number of imidazole rings is 1. The van der Waals surface area contributed by atoms with Gasteiger partial charge in [-0.05, 0) is 28.8 Å². The number of nitrogens with zero attached hydrogens (tertiary/aromatic N) is 5. The first-order chi connectivity index (χ1) is 10.7. The minimum absolute atomic E-state index is 0.443. The van der Waals surface area contributed by atoms with Crippen molar-refractivity contribution in [1.29, 1.82) is 0 Å². The van der Waals surface area contributed by atoms with Crippen molar-refractivity contribution in [2.75, 3.05) is 0 Å². The monoisotopic (exact) mass is 361 g/mol. The molecule has 0 bridgehead atoms. The number of ether oxygens (including phenoxy) is 1. The maximum absolute atomic E-state index is 5.70. The van der Waals surface area contributed by atoms with Gasteiger partial charge in [0.2, 0.25) is 0 Å². The lowest BCUT2D eigenvalue weighted by molar-refractivity contribution is 0.103. The van der Waals surface area contributed by atoms with Crippen LogP contribution in [-0.2, 0) is 24.8 Å². The van der Waals surface area contributed by atoms with Crippen molar-refractivity contribution in [1.82, 2.24) is 24.1 Å². The maximum Gasteiger partial charge on any atom is 0.155 e. The second-order valence-corrected chi connectivity index (χ2v) is 6.43. The van der Waals surface area contributed by atoms with Crippen LogP contribution in [0.2, 0.25) is 0 Å². The molecule has 0 aliphatic heterocycles. The standard InChI is InChI=1S/C15H16BrN5O/c1-20-6-10(15(16)19-20)4-11-7-21-8-12(9-22-13-2-3-13)17-5-14(21)18-11/h5-8,13H,2-4,9H2,1H3. The van der Waals surface area contributed by atoms with E-state index < -0.39 is 0 Å². The molecule has 0 N–H and O–H groups in total. The first-order valence-electron chi connectivity index (χ1n) is 7.29. The SMILES string of the molecule is Cn1cc(Cc2cn3cc(COC4CC4)ncc3n2)c(Br)n1. The third kappa shape index (κ3) is 2.91. The average Bonchev–Trinajstić information content (AvgIpc) is 3.15. The van der Waals surface area contributed by atoms with Crippen molar-refractivity contribution in [2.45, 2.75) is 32.0 Å². The number of hydrogen-bond acceptors (Lipinski definition) is 4. The topological polar surface area (TPSA) is 57.2 Å². The molecular weight excluding hydrogens is 346 g/mol. The third-order valence-electron chi connectivity index (χ3n) is 3.66. The van der Waals surface area contributed by atoms with E-state index in [4.69, 9.17) is 4.74 Å². The summed E-state index contributed by atoms with van der Waals surface area (Å²) in [6.07, 6.45) is 11.4. The average molecular weight is 362 g/mol. The summed E-state index contributed by atoms with van der Waals surface area (Å²) in [6, 6.07) is 0. The zero-order valence-corrected chi connectivity index (χ0v) is 13.8. The molecule has 1 fully saturated rings. The molecule has 114 valence electrons. The molecular formula is C15H16BrN5O. The molecule has 0 aromatic carbocycles. The zero-order chi connectivity index (χ0) is 15.1. The molecule has 1 aliphatic rings. The van der Waals surface area contributed by atoms with Gasteiger partial charge in [0.05, 0.1) is 30.3 Å². The summed E-state index contributed by atoms with van der Waals surface area (Å²) in [5, 5.41) is 4.29. The molecule has 3 aromatic rings. The summed E-state index contributed by atoms with van der Waals surface area (Å²) in [5.41, 5.74) is 3.91. The molecule has 0 atom stereocenters. The van der Waals surface area contributed by atoms with E-state index >= 15 is 0 Å². The van der Waals surface area contributed by atoms with Gasteiger partial charge in [0.15, 0.2) is 5.65 Å². The smallest absolute Gasteiger partial charge is 0.155 e. The van der Waals surface area contributed by atoms with Crippen LogP contribution in [0.25, 0.3) is 5.65 Å². The van der Waals surface area contributed by atoms with E-state index in [-0.39, 0.29) is 0 Å². The molecule has 0 spiro atoms. The highest BCUT2D eigenvalue weighted by Gasteiger charge is 2.22. The predicted molar refractivity (Wildman–Crippen MR) is 84.5 cm³/mol. The van der Waals surface area contributed by atoms with Crippen molar-refractivity contribution < 1.29 is 4.74 Å². The molecule has 7 heteroatoms. The number of rotatable bonds is 5. The highest BCUT2D eigenvalue weighted by molar-refractivity contribution is 9.10. The van der Waals surface area contributed by atoms with Gasteiger partial charge in [0, 0.05) is 37.6 Å². The van der Waals surface area contributed by atoms with Crippen molar-refractivity contribution in [2.24, 2.45) is 7.05 Å². The quantitative estimate of drug-likeness (QED) is 0.700. The second-order valence-electron chi connectivity index (χ2n) is 5.68. The van der Waals surface area contributed by atoms with E-state index in [0.29, 0.717) is 12.7 Å². The second kappa shape index (κ2) is 5.48. The Labute approximate surface area is 136 Å². The highest BCUT2D eigenvalue weighted by Crippen LogP contribution is 2.24. The fourth-order valence-corrected chi connectivity index (χ4v) is 2.91. The molecule has 3 heterocycles. The van der Waals surface area contributed by atoms with Crippen LogP contribution in [0.5, 0.6) is 0 Å². The number of halogens is 1. The summed E-state index contributed by atoms with van der Waals surface area (Å²) in [5.74, 6) is 0. The maximum atomic E-state index is 5.70. The van der Waals surface area contributed by atoms with E-state index in [0.717, 1.165) is 33.6 Å². The van der Waals surface area contributed by atoms with Gasteiger partial charge in [-0.15, -0.1) is 0 Å². The Kier molecular flexibility index (Phi) is 3.46. The Morgan fingerprint density at radius 1 is 1.27 bits per heavy atom. The zero-order valence-electron chi connectivity index (χ0n) is 12.2. The van der Waals surface area contributed by atoms with E-state index in [1.54, 1.807) is 10.9 Å². The summed E-state index contributed by atoms with van der Waals surface area (Å²) in [4.78, 5) is 9.02. The number of aryl methyl sites for hydroxylation is 1. The van der Waals surface area contributed by atoms with Crippen LogP contribution in [0.15, 0.2) is 29.4 Å². The van der Waals surface area contributed by atoms with Crippen LogP contribution in [0.1, 0.15) is 29.8 Å². The van der Waals surface area contributed by atoms with Crippen LogP contribution in [-0.4, -0.2) is 30.3 Å². The van der Waals surface area contributed by atoms with Gasteiger partial charge in [-0.25, -0.2) is 4.98 Å². The fourth-order valence-electron chi connectivity index (χ4n) is 2.42. The molecule has 3 aromatic heterocycles. The van der Waals surface area contributed by atoms with E-state index in [2.05, 4.69) is 31.0 Å². The molecule has 6 nitrogen and oxygen atoms in total. The molecule has 0 saturated heterocycles. The fraction of sp³-hybridized carbons (Fsp3) is 0.400. The Morgan fingerprint density at radius 2 is 2.09 bits per heavy atom. The molecule has 22 heavy (non-hydrogen) atoms. The van der Waals surface area contributed by atoms with Crippen LogP contribution < -0.4 is 0 Å². The van der Waals surface area contributed by atoms with Crippen molar-refractivity contribution in [3.05, 3.63) is 46.3 Å². The van der Waals surface area contributed by atoms with Crippen molar-refractivity contribution in [3.8, 4) is 0 Å². The number of fused-ring (bicyclic) bond motifs is 1. The van der Waals surface area contributed by atoms with E-state index in [9.17, 15) is 0 Å². The van der Waals surface area contributed by atoms with Crippen LogP contribution in [0.3, 0.4) is 0 Å². The molecule has 0 radical (unpaired) electrons. The van der Waals surface area contributed by atoms with Gasteiger partial charge < -0.3 is 9.14 Å². The van der Waals surface area contributed by atoms with E-state index in [1.165, 1.54) is 12.8 Å². The summed E-state index contributed by atoms with van der Waals surface area (Å²) < 4.78 is 10.4. The molecule has 0 unspecified atom stereocenters. The normalized spacial score (nSPS) is 14.8. The minimum Gasteiger partial charge on any atom is -0.372 e. The first kappa shape index (κ1) is 13.9. The van der Waals surface area contributed by atoms with Crippen molar-refractivity contribution >= 4 is 21.6 Å². The summed E-state index contributed by atoms with van der Waals surface area (Å²) in [7, 11) is 1.91. The molecule has 0 amide bonds. The molecule has 1 saturated carbocycles. The van der Waals surface area contributed by atoms with Gasteiger partial charge in [-0.1, -0.05) is 0 Å². The molecule has 1 aliphatic carbocycles. The lowest BCUT2D eigenvalue weighted by Crippen LogP contribution is -1.99. The number of aromatic nitrogens is 5. The third-order valence-corrected chi connectivity index (χ3v) is 4.33. The lowest BCUT2D eigenvalue weighted by atomic mass is 10.2. The van der Waals surface area contributed by atoms with Crippen LogP contribution in [0.4, 0.5) is 0 Å². The lowest BCUT2D eigenvalue weighted by Gasteiger charge is -2.01. The van der Waals surface area contributed by atoms with Gasteiger partial charge in [-0.3, -0.25) is 9.67 Å². The Bertz CT molecular complexity index is 821. The van der Waals surface area contributed by atoms with Crippen molar-refractivity contribution in [3.63, 3.8) is 0 Å². The van der Waals surface area contributed by atoms with Crippen LogP contribution in [0, 0.1) is 0 Å². The predicted octanol–water partition coefficient (Wildman–Crippen LogP) is 2.50. The van der Waals surface area contributed by atoms with Gasteiger partial charge in [-0.2, -0.15) is 5.10 Å². The highest BCUT2D eigenvalue weighted by atomic mass is 79.9. The Balaban J connectivity index is 1.55. The Hall–Kier alpha value is -1.73. The van der Waals surface area contributed by atoms with Gasteiger partial charge >= 0.3 is 0 Å². The van der Waals surface area contributed by atoms with Gasteiger partial charge in [0.1, 0.15) is 4.60 Å². The number of hydrogen-bond donors (Lipinski definition) is 0.